The summed E-state index contributed by atoms with van der Waals surface area (Å²) in [5.74, 6) is -3.11. The van der Waals surface area contributed by atoms with Gasteiger partial charge in [0.15, 0.2) is 10.9 Å². The van der Waals surface area contributed by atoms with Gasteiger partial charge in [-0.1, -0.05) is 25.2 Å². The zero-order valence-electron chi connectivity index (χ0n) is 14.3. The van der Waals surface area contributed by atoms with Crippen LogP contribution in [-0.2, 0) is 16.0 Å². The number of carboxylic acid groups (broad SMARTS) is 1. The van der Waals surface area contributed by atoms with Crippen LogP contribution in [0.1, 0.15) is 37.1 Å². The van der Waals surface area contributed by atoms with E-state index in [2.05, 4.69) is 10.3 Å². The number of rotatable bonds is 1. The number of carboxylic acids is 1. The normalized spacial score (nSPS) is 15.2. The van der Waals surface area contributed by atoms with Gasteiger partial charge >= 0.3 is 47.5 Å². The van der Waals surface area contributed by atoms with Crippen LogP contribution in [0.2, 0.25) is 0 Å². The molecule has 1 aromatic rings. The molecular weight excluding hydrogens is 333 g/mol. The quantitative estimate of drug-likeness (QED) is 0.470. The zero-order valence-corrected chi connectivity index (χ0v) is 16.1. The molecule has 1 aromatic heterocycles. The minimum absolute atomic E-state index is 0. The van der Waals surface area contributed by atoms with E-state index in [9.17, 15) is 19.2 Å². The predicted molar refractivity (Wildman–Crippen MR) is 79.1 cm³/mol. The summed E-state index contributed by atoms with van der Waals surface area (Å²) >= 11 is 1.03. The standard InChI is InChI=1S/C13H15N3O5S.Na.H/c1-13(2)4-6-8(7(17)5-13)22-11(14-6)15-12(21)16(3)9(18)10(19)20;;/h4-5H2,1-3H3,(H,19,20)(H,14,15,21);;/q;+1;-1. The largest absolute Gasteiger partial charge is 1.00 e. The van der Waals surface area contributed by atoms with E-state index in [-0.39, 0.29) is 47.3 Å². The molecule has 0 saturated heterocycles. The van der Waals surface area contributed by atoms with E-state index in [1.807, 2.05) is 13.8 Å². The molecular formula is C13H16N3NaO5S. The van der Waals surface area contributed by atoms with Crippen LogP contribution in [0, 0.1) is 5.41 Å². The Kier molecular flexibility index (Phi) is 6.08. The maximum absolute atomic E-state index is 12.0. The molecule has 0 spiro atoms. The Morgan fingerprint density at radius 1 is 1.35 bits per heavy atom. The van der Waals surface area contributed by atoms with Crippen LogP contribution < -0.4 is 34.9 Å². The summed E-state index contributed by atoms with van der Waals surface area (Å²) in [6, 6.07) is -0.912. The fourth-order valence-electron chi connectivity index (χ4n) is 2.18. The number of Topliss-reactive ketones (excluding diaryl/α,β-unsaturated/α-hetero) is 1. The van der Waals surface area contributed by atoms with Crippen molar-refractivity contribution in [2.75, 3.05) is 12.4 Å². The number of carbonyl (C=O) groups excluding carboxylic acids is 3. The summed E-state index contributed by atoms with van der Waals surface area (Å²) in [7, 11) is 1.05. The Morgan fingerprint density at radius 3 is 2.52 bits per heavy atom. The van der Waals surface area contributed by atoms with Gasteiger partial charge in [-0.15, -0.1) is 0 Å². The second kappa shape index (κ2) is 7.08. The topological polar surface area (TPSA) is 117 Å². The number of imide groups is 1. The van der Waals surface area contributed by atoms with Gasteiger partial charge < -0.3 is 6.53 Å². The number of likely N-dealkylation sites (N-methyl/N-ethyl adjacent to an activating group) is 1. The maximum atomic E-state index is 12.0. The monoisotopic (exact) mass is 349 g/mol. The molecule has 0 saturated carbocycles. The molecule has 3 amide bonds. The van der Waals surface area contributed by atoms with E-state index in [0.29, 0.717) is 28.3 Å². The fraction of sp³-hybridized carbons (Fsp3) is 0.462. The molecule has 23 heavy (non-hydrogen) atoms. The number of nitrogens with zero attached hydrogens (tertiary/aromatic N) is 2. The molecule has 0 aliphatic heterocycles. The van der Waals surface area contributed by atoms with Gasteiger partial charge in [-0.25, -0.2) is 14.6 Å². The number of anilines is 1. The molecule has 0 bridgehead atoms. The smallest absolute Gasteiger partial charge is 1.00 e. The number of thiazole rings is 1. The van der Waals surface area contributed by atoms with Crippen LogP contribution in [-0.4, -0.2) is 45.7 Å². The molecule has 120 valence electrons. The number of ketones is 1. The number of aliphatic carboxylic acids is 1. The van der Waals surface area contributed by atoms with Crippen molar-refractivity contribution in [2.45, 2.75) is 26.7 Å². The van der Waals surface area contributed by atoms with Crippen molar-refractivity contribution in [1.82, 2.24) is 9.88 Å². The van der Waals surface area contributed by atoms with E-state index in [1.165, 1.54) is 0 Å². The van der Waals surface area contributed by atoms with E-state index >= 15 is 0 Å². The average molecular weight is 349 g/mol. The Bertz CT molecular complexity index is 691. The van der Waals surface area contributed by atoms with Crippen molar-refractivity contribution in [3.63, 3.8) is 0 Å². The number of amides is 3. The summed E-state index contributed by atoms with van der Waals surface area (Å²) in [5, 5.41) is 11.1. The van der Waals surface area contributed by atoms with Gasteiger partial charge in [0.2, 0.25) is 0 Å². The average Bonchev–Trinajstić information content (AvgIpc) is 2.77. The molecule has 1 aliphatic carbocycles. The van der Waals surface area contributed by atoms with E-state index in [4.69, 9.17) is 5.11 Å². The number of hydrogen-bond donors (Lipinski definition) is 2. The van der Waals surface area contributed by atoms with Crippen molar-refractivity contribution in [3.8, 4) is 0 Å². The number of carbonyl (C=O) groups is 4. The molecule has 0 fully saturated rings. The van der Waals surface area contributed by atoms with E-state index in [0.717, 1.165) is 18.4 Å². The second-order valence-electron chi connectivity index (χ2n) is 5.84. The van der Waals surface area contributed by atoms with Crippen LogP contribution in [0.4, 0.5) is 9.93 Å². The Labute approximate surface area is 160 Å². The summed E-state index contributed by atoms with van der Waals surface area (Å²) < 4.78 is 0. The van der Waals surface area contributed by atoms with Crippen LogP contribution in [0.25, 0.3) is 0 Å². The van der Waals surface area contributed by atoms with Crippen LogP contribution in [0.15, 0.2) is 0 Å². The van der Waals surface area contributed by atoms with Crippen molar-refractivity contribution in [2.24, 2.45) is 5.41 Å². The summed E-state index contributed by atoms with van der Waals surface area (Å²) in [4.78, 5) is 50.7. The fourth-order valence-corrected chi connectivity index (χ4v) is 3.09. The number of hydrogen-bond acceptors (Lipinski definition) is 6. The zero-order chi connectivity index (χ0) is 16.7. The molecule has 10 heteroatoms. The van der Waals surface area contributed by atoms with Gasteiger partial charge in [0.05, 0.1) is 10.6 Å². The Hall–Kier alpha value is -1.29. The van der Waals surface area contributed by atoms with Crippen LogP contribution in [0.3, 0.4) is 0 Å². The Balaban J connectivity index is 0.00000264. The summed E-state index contributed by atoms with van der Waals surface area (Å²) in [6.45, 7) is 3.93. The molecule has 2 N–H and O–H groups in total. The predicted octanol–water partition coefficient (Wildman–Crippen LogP) is -1.51. The van der Waals surface area contributed by atoms with E-state index in [1.54, 1.807) is 0 Å². The SMILES string of the molecule is CN(C(=O)Nc1nc2c(s1)C(=O)CC(C)(C)C2)C(=O)C(=O)O.[H-].[Na+]. The molecule has 0 aromatic carbocycles. The number of fused-ring (bicyclic) bond motifs is 1. The van der Waals surface area contributed by atoms with Crippen molar-refractivity contribution >= 4 is 40.2 Å². The van der Waals surface area contributed by atoms with Crippen molar-refractivity contribution < 1.29 is 55.3 Å². The molecule has 1 aliphatic rings. The van der Waals surface area contributed by atoms with Crippen molar-refractivity contribution in [3.05, 3.63) is 10.6 Å². The minimum atomic E-state index is -1.73. The van der Waals surface area contributed by atoms with Gasteiger partial charge in [0, 0.05) is 13.5 Å². The molecule has 0 atom stereocenters. The van der Waals surface area contributed by atoms with Crippen molar-refractivity contribution in [1.29, 1.82) is 0 Å². The minimum Gasteiger partial charge on any atom is -1.00 e. The number of urea groups is 1. The first-order chi connectivity index (χ1) is 10.1. The molecule has 0 unspecified atom stereocenters. The first-order valence-corrected chi connectivity index (χ1v) is 7.27. The Morgan fingerprint density at radius 2 is 1.96 bits per heavy atom. The first-order valence-electron chi connectivity index (χ1n) is 6.45. The van der Waals surface area contributed by atoms with E-state index < -0.39 is 17.9 Å². The third kappa shape index (κ3) is 4.37. The number of nitrogens with one attached hydrogen (secondary N) is 1. The van der Waals surface area contributed by atoms with Gasteiger partial charge in [0.25, 0.3) is 0 Å². The summed E-state index contributed by atoms with van der Waals surface area (Å²) in [6.07, 6.45) is 1.03. The number of aromatic nitrogens is 1. The first kappa shape index (κ1) is 19.8. The molecule has 0 radical (unpaired) electrons. The van der Waals surface area contributed by atoms with Gasteiger partial charge in [-0.3, -0.25) is 19.8 Å². The third-order valence-corrected chi connectivity index (χ3v) is 4.30. The third-order valence-electron chi connectivity index (χ3n) is 3.24. The summed E-state index contributed by atoms with van der Waals surface area (Å²) in [5.41, 5.74) is 0.434. The van der Waals surface area contributed by atoms with Crippen LogP contribution >= 0.6 is 11.3 Å². The van der Waals surface area contributed by atoms with Crippen LogP contribution in [0.5, 0.6) is 0 Å². The molecule has 2 rings (SSSR count). The van der Waals surface area contributed by atoms with Gasteiger partial charge in [-0.05, 0) is 11.8 Å². The molecule has 8 nitrogen and oxygen atoms in total. The van der Waals surface area contributed by atoms with Gasteiger partial charge in [-0.2, -0.15) is 0 Å². The van der Waals surface area contributed by atoms with Gasteiger partial charge in [0.1, 0.15) is 0 Å². The second-order valence-corrected chi connectivity index (χ2v) is 6.83. The maximum Gasteiger partial charge on any atom is 1.00 e. The molecule has 1 heterocycles.